The van der Waals surface area contributed by atoms with Crippen molar-refractivity contribution in [2.75, 3.05) is 0 Å². The van der Waals surface area contributed by atoms with E-state index in [1.165, 1.54) is 21.5 Å². The second-order valence-electron chi connectivity index (χ2n) is 25.3. The number of fused-ring (bicyclic) bond motifs is 14. The summed E-state index contributed by atoms with van der Waals surface area (Å²) in [4.78, 5) is 32.6. The van der Waals surface area contributed by atoms with Crippen LogP contribution in [0.3, 0.4) is 0 Å². The number of hydrogen-bond acceptors (Lipinski definition) is 6. The standard InChI is InChI=1S/C90H56N10/c1-7-27-57(28-8-1)85-91-86(58-29-9-2-10-30-58)94-89(93-85)71-55-61(47-51-77(71)99-75-45-25-21-41-69(75)81-79(99)53-49-67-65-39-19-23-43-73(65)97(83(67)81)63-35-15-5-16-36-63)62-48-52-78(72(56-62)90-95-87(59-31-11-3-12-32-59)92-88(96-90)60-33-13-4-14-34-60)100-76-46-26-22-42-70(76)82-80(100)54-50-68-66-40-20-24-44-74(66)98(84(68)82)64-37-17-6-18-38-64/h1-56H. The Labute approximate surface area is 574 Å². The van der Waals surface area contributed by atoms with Gasteiger partial charge in [0.15, 0.2) is 34.9 Å². The number of hydrogen-bond donors (Lipinski definition) is 0. The third-order valence-electron chi connectivity index (χ3n) is 19.7. The molecule has 100 heavy (non-hydrogen) atoms. The normalized spacial score (nSPS) is 11.8. The van der Waals surface area contributed by atoms with E-state index in [0.717, 1.165) is 133 Å². The smallest absolute Gasteiger partial charge is 0.166 e. The molecule has 20 aromatic rings. The predicted molar refractivity (Wildman–Crippen MR) is 409 cm³/mol. The van der Waals surface area contributed by atoms with Crippen LogP contribution in [0.25, 0.3) is 189 Å². The fourth-order valence-corrected chi connectivity index (χ4v) is 15.3. The molecule has 0 aliphatic heterocycles. The first-order valence-electron chi connectivity index (χ1n) is 33.7. The molecule has 10 nitrogen and oxygen atoms in total. The van der Waals surface area contributed by atoms with E-state index in [9.17, 15) is 0 Å². The number of nitrogens with zero attached hydrogens (tertiary/aromatic N) is 10. The summed E-state index contributed by atoms with van der Waals surface area (Å²) in [7, 11) is 0. The third-order valence-corrected chi connectivity index (χ3v) is 19.7. The van der Waals surface area contributed by atoms with Crippen LogP contribution in [-0.2, 0) is 0 Å². The van der Waals surface area contributed by atoms with Crippen molar-refractivity contribution in [2.24, 2.45) is 0 Å². The predicted octanol–water partition coefficient (Wildman–Crippen LogP) is 22.1. The molecule has 0 radical (unpaired) electrons. The minimum atomic E-state index is 0.522. The van der Waals surface area contributed by atoms with Crippen molar-refractivity contribution in [3.8, 4) is 102 Å². The number of benzene rings is 14. The molecule has 0 saturated carbocycles. The Kier molecular flexibility index (Phi) is 13.0. The van der Waals surface area contributed by atoms with Crippen molar-refractivity contribution in [2.45, 2.75) is 0 Å². The van der Waals surface area contributed by atoms with E-state index in [1.54, 1.807) is 0 Å². The molecule has 10 heteroatoms. The summed E-state index contributed by atoms with van der Waals surface area (Å²) >= 11 is 0. The lowest BCUT2D eigenvalue weighted by Gasteiger charge is -2.18. The van der Waals surface area contributed by atoms with Crippen molar-refractivity contribution in [1.82, 2.24) is 48.2 Å². The Bertz CT molecular complexity index is 6100. The summed E-state index contributed by atoms with van der Waals surface area (Å²) in [5, 5.41) is 9.27. The first-order valence-corrected chi connectivity index (χ1v) is 33.7. The maximum atomic E-state index is 5.53. The van der Waals surface area contributed by atoms with Gasteiger partial charge in [0.05, 0.1) is 55.5 Å². The maximum absolute atomic E-state index is 5.53. The summed E-state index contributed by atoms with van der Waals surface area (Å²) in [6, 6.07) is 120. The molecule has 6 heterocycles. The Balaban J connectivity index is 0.882. The Morgan fingerprint density at radius 1 is 0.180 bits per heavy atom. The Morgan fingerprint density at radius 2 is 0.460 bits per heavy atom. The quantitative estimate of drug-likeness (QED) is 0.128. The second-order valence-corrected chi connectivity index (χ2v) is 25.3. The van der Waals surface area contributed by atoms with Crippen molar-refractivity contribution in [3.05, 3.63) is 340 Å². The van der Waals surface area contributed by atoms with Gasteiger partial charge < -0.3 is 18.3 Å². The average molecular weight is 1280 g/mol. The van der Waals surface area contributed by atoms with Crippen LogP contribution in [0.2, 0.25) is 0 Å². The molecule has 0 bridgehead atoms. The maximum Gasteiger partial charge on any atom is 0.166 e. The fraction of sp³-hybridized carbons (Fsp3) is 0. The van der Waals surface area contributed by atoms with Gasteiger partial charge in [0, 0.05) is 87.8 Å². The molecule has 6 aromatic heterocycles. The van der Waals surface area contributed by atoms with Gasteiger partial charge in [0.1, 0.15) is 0 Å². The summed E-state index contributed by atoms with van der Waals surface area (Å²) in [5.74, 6) is 3.30. The molecule has 0 unspecified atom stereocenters. The monoisotopic (exact) mass is 1280 g/mol. The van der Waals surface area contributed by atoms with Crippen molar-refractivity contribution < 1.29 is 0 Å². The van der Waals surface area contributed by atoms with E-state index >= 15 is 0 Å². The van der Waals surface area contributed by atoms with Gasteiger partial charge in [-0.3, -0.25) is 0 Å². The summed E-state index contributed by atoms with van der Waals surface area (Å²) in [5.41, 5.74) is 19.7. The van der Waals surface area contributed by atoms with Gasteiger partial charge in [-0.1, -0.05) is 255 Å². The van der Waals surface area contributed by atoms with E-state index in [1.807, 2.05) is 72.8 Å². The molecule has 0 amide bonds. The molecule has 0 N–H and O–H groups in total. The highest BCUT2D eigenvalue weighted by atomic mass is 15.1. The first-order chi connectivity index (χ1) is 49.6. The average Bonchev–Trinajstić information content (AvgIpc) is 1.55. The molecule has 0 fully saturated rings. The summed E-state index contributed by atoms with van der Waals surface area (Å²) < 4.78 is 9.69. The van der Waals surface area contributed by atoms with E-state index in [2.05, 4.69) is 285 Å². The van der Waals surface area contributed by atoms with Crippen LogP contribution in [-0.4, -0.2) is 48.2 Å². The largest absolute Gasteiger partial charge is 0.309 e. The molecule has 14 aromatic carbocycles. The van der Waals surface area contributed by atoms with Gasteiger partial charge in [0.2, 0.25) is 0 Å². The van der Waals surface area contributed by atoms with Crippen LogP contribution in [0.4, 0.5) is 0 Å². The molecule has 0 saturated heterocycles. The second kappa shape index (κ2) is 23.0. The lowest BCUT2D eigenvalue weighted by Crippen LogP contribution is -2.05. The molecule has 20 rings (SSSR count). The molecule has 0 aliphatic rings. The van der Waals surface area contributed by atoms with Gasteiger partial charge in [-0.15, -0.1) is 0 Å². The van der Waals surface area contributed by atoms with Gasteiger partial charge in [-0.05, 0) is 96.1 Å². The zero-order valence-electron chi connectivity index (χ0n) is 53.8. The molecule has 0 aliphatic carbocycles. The Hall–Kier alpha value is -13.7. The zero-order valence-corrected chi connectivity index (χ0v) is 53.8. The van der Waals surface area contributed by atoms with Gasteiger partial charge in [0.25, 0.3) is 0 Å². The van der Waals surface area contributed by atoms with Crippen LogP contribution >= 0.6 is 0 Å². The number of rotatable bonds is 11. The zero-order chi connectivity index (χ0) is 65.8. The van der Waals surface area contributed by atoms with Crippen LogP contribution in [0.15, 0.2) is 340 Å². The molecular formula is C90H56N10. The van der Waals surface area contributed by atoms with E-state index in [-0.39, 0.29) is 0 Å². The van der Waals surface area contributed by atoms with Crippen LogP contribution in [0.1, 0.15) is 0 Å². The van der Waals surface area contributed by atoms with Crippen LogP contribution in [0, 0.1) is 0 Å². The lowest BCUT2D eigenvalue weighted by molar-refractivity contribution is 1.06. The first kappa shape index (κ1) is 56.6. The minimum Gasteiger partial charge on any atom is -0.309 e. The topological polar surface area (TPSA) is 97.1 Å². The van der Waals surface area contributed by atoms with Crippen molar-refractivity contribution in [1.29, 1.82) is 0 Å². The summed E-state index contributed by atoms with van der Waals surface area (Å²) in [6.45, 7) is 0. The third kappa shape index (κ3) is 9.05. The van der Waals surface area contributed by atoms with Gasteiger partial charge >= 0.3 is 0 Å². The van der Waals surface area contributed by atoms with E-state index < -0.39 is 0 Å². The van der Waals surface area contributed by atoms with Gasteiger partial charge in [-0.25, -0.2) is 29.9 Å². The summed E-state index contributed by atoms with van der Waals surface area (Å²) in [6.07, 6.45) is 0. The molecule has 0 atom stereocenters. The number of aromatic nitrogens is 10. The molecule has 0 spiro atoms. The minimum absolute atomic E-state index is 0.522. The van der Waals surface area contributed by atoms with E-state index in [0.29, 0.717) is 34.9 Å². The van der Waals surface area contributed by atoms with Crippen molar-refractivity contribution in [3.63, 3.8) is 0 Å². The van der Waals surface area contributed by atoms with Crippen LogP contribution < -0.4 is 0 Å². The fourth-order valence-electron chi connectivity index (χ4n) is 15.3. The van der Waals surface area contributed by atoms with Crippen molar-refractivity contribution >= 4 is 87.2 Å². The van der Waals surface area contributed by atoms with Gasteiger partial charge in [-0.2, -0.15) is 0 Å². The highest BCUT2D eigenvalue weighted by Gasteiger charge is 2.28. The highest BCUT2D eigenvalue weighted by Crippen LogP contribution is 2.47. The number of para-hydroxylation sites is 6. The lowest BCUT2D eigenvalue weighted by atomic mass is 9.97. The molecule has 466 valence electrons. The van der Waals surface area contributed by atoms with Crippen LogP contribution in [0.5, 0.6) is 0 Å². The highest BCUT2D eigenvalue weighted by molar-refractivity contribution is 6.28. The molecular weight excluding hydrogens is 1220 g/mol. The Morgan fingerprint density at radius 3 is 0.800 bits per heavy atom. The van der Waals surface area contributed by atoms with E-state index in [4.69, 9.17) is 29.9 Å². The SMILES string of the molecule is c1ccc(-c2nc(-c3ccccc3)nc(-c3cc(-c4ccc(-n5c6ccccc6c6c5ccc5c7ccccc7n(-c7ccccc7)c56)c(-c5nc(-c6ccccc6)nc(-c6ccccc6)n5)c4)ccc3-n3c4ccccc4c4c3ccc3c5ccccc5n(-c5ccccc5)c34)n2)cc1.